The van der Waals surface area contributed by atoms with E-state index in [-0.39, 0.29) is 16.8 Å². The second-order valence-electron chi connectivity index (χ2n) is 8.02. The lowest BCUT2D eigenvalue weighted by Crippen LogP contribution is -2.40. The number of sulfonamides is 1. The molecule has 2 N–H and O–H groups in total. The molecule has 1 aromatic heterocycles. The quantitative estimate of drug-likeness (QED) is 0.749. The van der Waals surface area contributed by atoms with Crippen LogP contribution in [0.25, 0.3) is 0 Å². The van der Waals surface area contributed by atoms with Gasteiger partial charge in [0.15, 0.2) is 0 Å². The van der Waals surface area contributed by atoms with Gasteiger partial charge >= 0.3 is 0 Å². The van der Waals surface area contributed by atoms with Crippen molar-refractivity contribution in [1.82, 2.24) is 14.7 Å². The highest BCUT2D eigenvalue weighted by Crippen LogP contribution is 2.58. The second-order valence-corrected chi connectivity index (χ2v) is 9.70. The van der Waals surface area contributed by atoms with Gasteiger partial charge in [-0.3, -0.25) is 9.69 Å². The fraction of sp³-hybridized carbons (Fsp3) is 0.450. The molecule has 2 aromatic rings. The van der Waals surface area contributed by atoms with E-state index in [1.807, 2.05) is 4.90 Å². The molecule has 0 radical (unpaired) electrons. The van der Waals surface area contributed by atoms with Crippen LogP contribution in [-0.2, 0) is 20.2 Å². The minimum Gasteiger partial charge on any atom is -0.324 e. The number of hydrogen-bond acceptors (Lipinski definition) is 6. The van der Waals surface area contributed by atoms with E-state index in [1.165, 1.54) is 24.3 Å². The summed E-state index contributed by atoms with van der Waals surface area (Å²) in [6, 6.07) is 5.70. The fourth-order valence-corrected chi connectivity index (χ4v) is 4.69. The highest BCUT2D eigenvalue weighted by Gasteiger charge is 2.61. The van der Waals surface area contributed by atoms with Gasteiger partial charge in [0.05, 0.1) is 10.3 Å². The molecule has 8 nitrogen and oxygen atoms in total. The average molecular weight is 417 g/mol. The highest BCUT2D eigenvalue weighted by atomic mass is 32.2. The molecule has 1 atom stereocenters. The van der Waals surface area contributed by atoms with Gasteiger partial charge in [-0.05, 0) is 69.8 Å². The molecule has 2 saturated carbocycles. The number of anilines is 3. The summed E-state index contributed by atoms with van der Waals surface area (Å²) in [5.74, 6) is 1.59. The summed E-state index contributed by atoms with van der Waals surface area (Å²) in [5.41, 5.74) is 0.964. The Morgan fingerprint density at radius 3 is 2.62 bits per heavy atom. The van der Waals surface area contributed by atoms with Crippen LogP contribution < -0.4 is 14.9 Å². The maximum absolute atomic E-state index is 13.2. The Kier molecular flexibility index (Phi) is 3.30. The van der Waals surface area contributed by atoms with Gasteiger partial charge in [-0.2, -0.15) is 4.98 Å². The van der Waals surface area contributed by atoms with Gasteiger partial charge in [0.25, 0.3) is 0 Å². The summed E-state index contributed by atoms with van der Waals surface area (Å²) in [5, 5.41) is 3.04. The van der Waals surface area contributed by atoms with Crippen LogP contribution in [0, 0.1) is 5.92 Å². The predicted molar refractivity (Wildman–Crippen MR) is 109 cm³/mol. The molecule has 1 aromatic carbocycles. The number of carbonyl (C=O) groups excluding carboxylic acids is 1. The maximum atomic E-state index is 13.2. The molecule has 0 bridgehead atoms. The third kappa shape index (κ3) is 2.91. The van der Waals surface area contributed by atoms with Crippen molar-refractivity contribution in [3.63, 3.8) is 0 Å². The lowest BCUT2D eigenvalue weighted by atomic mass is 10.0. The molecule has 1 aliphatic heterocycles. The zero-order valence-corrected chi connectivity index (χ0v) is 16.7. The third-order valence-corrected chi connectivity index (χ3v) is 7.32. The Labute approximate surface area is 174 Å². The molecule has 2 fully saturated rings. The van der Waals surface area contributed by atoms with E-state index in [9.17, 15) is 13.2 Å². The first-order valence-electron chi connectivity index (χ1n) is 11.1. The lowest BCUT2D eigenvalue weighted by Gasteiger charge is -2.25. The van der Waals surface area contributed by atoms with Gasteiger partial charge < -0.3 is 5.32 Å². The topological polar surface area (TPSA) is 104 Å². The van der Waals surface area contributed by atoms with Crippen molar-refractivity contribution in [2.24, 2.45) is 5.92 Å². The molecule has 1 spiro atoms. The number of amides is 1. The normalized spacial score (nSPS) is 22.6. The van der Waals surface area contributed by atoms with E-state index in [4.69, 9.17) is 4.11 Å². The number of fused-ring (bicyclic) bond motifs is 2. The van der Waals surface area contributed by atoms with E-state index >= 15 is 0 Å². The summed E-state index contributed by atoms with van der Waals surface area (Å²) in [4.78, 5) is 23.9. The Morgan fingerprint density at radius 2 is 2.00 bits per heavy atom. The smallest absolute Gasteiger partial charge is 0.240 e. The van der Waals surface area contributed by atoms with Crippen LogP contribution in [0.4, 0.5) is 17.5 Å². The minimum atomic E-state index is -4.16. The van der Waals surface area contributed by atoms with Crippen LogP contribution in [-0.4, -0.2) is 37.3 Å². The van der Waals surface area contributed by atoms with Gasteiger partial charge in [0, 0.05) is 27.6 Å². The van der Waals surface area contributed by atoms with Crippen LogP contribution in [0.15, 0.2) is 35.4 Å². The number of hydrogen-bond donors (Lipinski definition) is 2. The minimum absolute atomic E-state index is 0.0965. The molecule has 2 aliphatic carbocycles. The van der Waals surface area contributed by atoms with Gasteiger partial charge in [0.1, 0.15) is 5.82 Å². The van der Waals surface area contributed by atoms with Crippen molar-refractivity contribution >= 4 is 33.4 Å². The number of carbonyl (C=O) groups is 1. The lowest BCUT2D eigenvalue weighted by molar-refractivity contribution is -0.120. The SMILES string of the molecule is [2H]C([2H])([2H])NS(=O)(=O)c1ccc(Nc2ncc3c(n2)N([C@@H](C)C2CC2)C(=O)C32CC2)cc1. The first-order chi connectivity index (χ1) is 15.0. The third-order valence-electron chi connectivity index (χ3n) is 6.16. The summed E-state index contributed by atoms with van der Waals surface area (Å²) in [6.45, 7) is -0.740. The molecule has 3 aliphatic rings. The molecule has 5 rings (SSSR count). The molecule has 29 heavy (non-hydrogen) atoms. The van der Waals surface area contributed by atoms with Crippen LogP contribution in [0.1, 0.15) is 42.3 Å². The van der Waals surface area contributed by atoms with E-state index in [2.05, 4.69) is 22.2 Å². The highest BCUT2D eigenvalue weighted by molar-refractivity contribution is 7.89. The zero-order chi connectivity index (χ0) is 22.9. The molecule has 2 heterocycles. The fourth-order valence-electron chi connectivity index (χ4n) is 4.08. The number of aromatic nitrogens is 2. The monoisotopic (exact) mass is 416 g/mol. The Morgan fingerprint density at radius 1 is 1.28 bits per heavy atom. The molecular formula is C20H23N5O3S. The molecule has 1 amide bonds. The number of benzene rings is 1. The predicted octanol–water partition coefficient (Wildman–Crippen LogP) is 2.31. The number of rotatable bonds is 6. The first kappa shape index (κ1) is 15.3. The summed E-state index contributed by atoms with van der Waals surface area (Å²) in [7, 11) is -4.16. The van der Waals surface area contributed by atoms with Crippen LogP contribution in [0.2, 0.25) is 0 Å². The largest absolute Gasteiger partial charge is 0.324 e. The van der Waals surface area contributed by atoms with E-state index < -0.39 is 22.4 Å². The number of nitrogens with zero attached hydrogens (tertiary/aromatic N) is 3. The van der Waals surface area contributed by atoms with Gasteiger partial charge in [0.2, 0.25) is 21.9 Å². The first-order valence-corrected chi connectivity index (χ1v) is 11.1. The van der Waals surface area contributed by atoms with Crippen molar-refractivity contribution in [3.8, 4) is 0 Å². The zero-order valence-electron chi connectivity index (χ0n) is 18.8. The van der Waals surface area contributed by atoms with E-state index in [1.54, 1.807) is 10.9 Å². The molecule has 9 heteroatoms. The maximum Gasteiger partial charge on any atom is 0.240 e. The van der Waals surface area contributed by atoms with E-state index in [0.29, 0.717) is 23.4 Å². The number of nitrogens with one attached hydrogen (secondary N) is 2. The summed E-state index contributed by atoms with van der Waals surface area (Å²) < 4.78 is 47.2. The summed E-state index contributed by atoms with van der Waals surface area (Å²) in [6.07, 6.45) is 5.60. The average Bonchev–Trinajstić information content (AvgIpc) is 3.60. The Bertz CT molecular complexity index is 1190. The van der Waals surface area contributed by atoms with Crippen molar-refractivity contribution in [2.45, 2.75) is 49.0 Å². The van der Waals surface area contributed by atoms with Gasteiger partial charge in [-0.1, -0.05) is 0 Å². The second kappa shape index (κ2) is 6.24. The molecule has 0 saturated heterocycles. The van der Waals surface area contributed by atoms with Crippen molar-refractivity contribution < 1.29 is 17.3 Å². The summed E-state index contributed by atoms with van der Waals surface area (Å²) >= 11 is 0. The van der Waals surface area contributed by atoms with E-state index in [0.717, 1.165) is 31.2 Å². The van der Waals surface area contributed by atoms with Crippen molar-refractivity contribution in [3.05, 3.63) is 36.0 Å². The molecular weight excluding hydrogens is 390 g/mol. The molecule has 0 unspecified atom stereocenters. The Balaban J connectivity index is 1.39. The Hall–Kier alpha value is -2.52. The molecule has 152 valence electrons. The van der Waals surface area contributed by atoms with Crippen LogP contribution >= 0.6 is 0 Å². The van der Waals surface area contributed by atoms with Crippen LogP contribution in [0.5, 0.6) is 0 Å². The van der Waals surface area contributed by atoms with Crippen LogP contribution in [0.3, 0.4) is 0 Å². The van der Waals surface area contributed by atoms with Gasteiger partial charge in [-0.25, -0.2) is 18.1 Å². The standard InChI is InChI=1S/C20H23N5O3S/c1-12(13-3-4-13)25-17-16(20(9-10-20)18(25)26)11-22-19(24-17)23-14-5-7-15(8-6-14)29(27,28)21-2/h5-8,11-13,21H,3-4,9-10H2,1-2H3,(H,22,23,24)/t12-/m0/s1/i2D3. The van der Waals surface area contributed by atoms with Crippen molar-refractivity contribution in [1.29, 1.82) is 0 Å². The van der Waals surface area contributed by atoms with Gasteiger partial charge in [-0.15, -0.1) is 0 Å². The van der Waals surface area contributed by atoms with Crippen molar-refractivity contribution in [2.75, 3.05) is 17.2 Å².